The Morgan fingerprint density at radius 2 is 1.29 bits per heavy atom. The Morgan fingerprint density at radius 1 is 0.882 bits per heavy atom. The summed E-state index contributed by atoms with van der Waals surface area (Å²) in [5, 5.41) is 16.3. The molecule has 1 aliphatic heterocycles. The molecule has 6 heteroatoms. The molecular weight excluding hydrogens is 432 g/mol. The lowest BCUT2D eigenvalue weighted by atomic mass is 10.0. The van der Waals surface area contributed by atoms with Crippen molar-refractivity contribution in [1.82, 2.24) is 0 Å². The van der Waals surface area contributed by atoms with E-state index in [2.05, 4.69) is 26.7 Å². The van der Waals surface area contributed by atoms with Crippen molar-refractivity contribution >= 4 is 11.9 Å². The molecule has 0 aromatic heterocycles. The number of hydrogen-bond acceptors (Lipinski definition) is 4. The van der Waals surface area contributed by atoms with Gasteiger partial charge in [0, 0.05) is 11.6 Å². The molecule has 0 saturated carbocycles. The molecule has 0 radical (unpaired) electrons. The summed E-state index contributed by atoms with van der Waals surface area (Å²) < 4.78 is 9.96. The first-order valence-electron chi connectivity index (χ1n) is 13.0. The molecule has 0 amide bonds. The van der Waals surface area contributed by atoms with Crippen LogP contribution in [0.3, 0.4) is 0 Å². The molecule has 0 aromatic carbocycles. The number of rotatable bonds is 21. The van der Waals surface area contributed by atoms with Crippen molar-refractivity contribution < 1.29 is 29.3 Å². The van der Waals surface area contributed by atoms with Crippen LogP contribution in [0.25, 0.3) is 0 Å². The van der Waals surface area contributed by atoms with Gasteiger partial charge in [-0.3, -0.25) is 0 Å². The van der Waals surface area contributed by atoms with Gasteiger partial charge in [0.05, 0.1) is 19.8 Å². The zero-order chi connectivity index (χ0) is 25.9. The zero-order valence-corrected chi connectivity index (χ0v) is 21.6. The van der Waals surface area contributed by atoms with Crippen molar-refractivity contribution in [2.75, 3.05) is 19.8 Å². The minimum atomic E-state index is -0.981. The highest BCUT2D eigenvalue weighted by Crippen LogP contribution is 2.14. The standard InChI is InChI=1S/C19H36O2.C6H10O2.C3H4O2/c1-3-4-5-6-7-8-9-10-11-12-13-14-15-16-17-18(2)19(20)21;1-2-3-7-4-6-5-8-6;1-2-3(4)5/h2-17H2,1H3,(H,20,21);2,6H,1,3-5H2;2H,1H2,(H,4,5). The molecule has 1 rings (SSSR count). The van der Waals surface area contributed by atoms with E-state index in [9.17, 15) is 9.59 Å². The Kier molecular flexibility index (Phi) is 27.5. The lowest BCUT2D eigenvalue weighted by Crippen LogP contribution is -2.00. The van der Waals surface area contributed by atoms with Crippen molar-refractivity contribution in [3.8, 4) is 0 Å². The summed E-state index contributed by atoms with van der Waals surface area (Å²) in [5.41, 5.74) is 0.355. The summed E-state index contributed by atoms with van der Waals surface area (Å²) in [6.45, 7) is 14.5. The lowest BCUT2D eigenvalue weighted by Gasteiger charge is -2.03. The smallest absolute Gasteiger partial charge is 0.330 e. The Hall–Kier alpha value is -1.92. The van der Waals surface area contributed by atoms with E-state index in [0.29, 0.717) is 24.7 Å². The highest BCUT2D eigenvalue weighted by atomic mass is 16.6. The molecule has 1 fully saturated rings. The fourth-order valence-corrected chi connectivity index (χ4v) is 3.09. The van der Waals surface area contributed by atoms with E-state index in [1.165, 1.54) is 77.0 Å². The minimum absolute atomic E-state index is 0.355. The summed E-state index contributed by atoms with van der Waals surface area (Å²) in [5.74, 6) is -1.82. The number of carbonyl (C=O) groups is 2. The molecule has 0 bridgehead atoms. The van der Waals surface area contributed by atoms with Crippen LogP contribution in [0.5, 0.6) is 0 Å². The molecule has 0 aliphatic carbocycles. The molecule has 1 aliphatic rings. The Bertz CT molecular complexity index is 525. The van der Waals surface area contributed by atoms with Crippen LogP contribution in [0.4, 0.5) is 0 Å². The first-order chi connectivity index (χ1) is 16.4. The number of ether oxygens (including phenoxy) is 2. The predicted octanol–water partition coefficient (Wildman–Crippen LogP) is 7.34. The molecule has 1 unspecified atom stereocenters. The van der Waals surface area contributed by atoms with Gasteiger partial charge in [-0.1, -0.05) is 110 Å². The summed E-state index contributed by atoms with van der Waals surface area (Å²) in [7, 11) is 0. The predicted molar refractivity (Wildman–Crippen MR) is 140 cm³/mol. The van der Waals surface area contributed by atoms with Gasteiger partial charge in [0.15, 0.2) is 0 Å². The van der Waals surface area contributed by atoms with Crippen LogP contribution < -0.4 is 0 Å². The second-order valence-electron chi connectivity index (χ2n) is 8.58. The Labute approximate surface area is 208 Å². The van der Waals surface area contributed by atoms with E-state index in [-0.39, 0.29) is 0 Å². The highest BCUT2D eigenvalue weighted by molar-refractivity contribution is 5.85. The third-order valence-electron chi connectivity index (χ3n) is 5.25. The van der Waals surface area contributed by atoms with Crippen molar-refractivity contribution in [1.29, 1.82) is 0 Å². The molecule has 6 nitrogen and oxygen atoms in total. The quantitative estimate of drug-likeness (QED) is 0.0768. The van der Waals surface area contributed by atoms with E-state index >= 15 is 0 Å². The van der Waals surface area contributed by atoms with Crippen LogP contribution in [0.2, 0.25) is 0 Å². The normalized spacial score (nSPS) is 13.5. The maximum absolute atomic E-state index is 10.6. The maximum atomic E-state index is 10.6. The molecule has 0 aromatic rings. The van der Waals surface area contributed by atoms with Crippen LogP contribution in [-0.4, -0.2) is 48.1 Å². The van der Waals surface area contributed by atoms with E-state index in [4.69, 9.17) is 19.7 Å². The fraction of sp³-hybridized carbons (Fsp3) is 0.714. The molecule has 2 N–H and O–H groups in total. The van der Waals surface area contributed by atoms with Gasteiger partial charge < -0.3 is 19.7 Å². The second-order valence-corrected chi connectivity index (χ2v) is 8.58. The van der Waals surface area contributed by atoms with E-state index in [1.807, 2.05) is 0 Å². The summed E-state index contributed by atoms with van der Waals surface area (Å²) >= 11 is 0. The average Bonchev–Trinajstić information content (AvgIpc) is 3.64. The maximum Gasteiger partial charge on any atom is 0.330 e. The first kappa shape index (κ1) is 34.2. The summed E-state index contributed by atoms with van der Waals surface area (Å²) in [6.07, 6.45) is 22.2. The Morgan fingerprint density at radius 3 is 1.62 bits per heavy atom. The van der Waals surface area contributed by atoms with Gasteiger partial charge in [-0.25, -0.2) is 9.59 Å². The van der Waals surface area contributed by atoms with Crippen LogP contribution >= 0.6 is 0 Å². The van der Waals surface area contributed by atoms with Crippen molar-refractivity contribution in [2.45, 2.75) is 109 Å². The van der Waals surface area contributed by atoms with E-state index in [0.717, 1.165) is 32.1 Å². The van der Waals surface area contributed by atoms with Gasteiger partial charge in [0.1, 0.15) is 6.10 Å². The van der Waals surface area contributed by atoms with Crippen LogP contribution in [0.15, 0.2) is 37.5 Å². The number of aliphatic carboxylic acids is 2. The van der Waals surface area contributed by atoms with Gasteiger partial charge in [-0.2, -0.15) is 0 Å². The van der Waals surface area contributed by atoms with Crippen molar-refractivity contribution in [2.24, 2.45) is 0 Å². The van der Waals surface area contributed by atoms with Crippen molar-refractivity contribution in [3.05, 3.63) is 37.5 Å². The van der Waals surface area contributed by atoms with Gasteiger partial charge in [0.2, 0.25) is 0 Å². The molecule has 1 saturated heterocycles. The number of carboxylic acids is 2. The fourth-order valence-electron chi connectivity index (χ4n) is 3.09. The number of unbranched alkanes of at least 4 members (excludes halogenated alkanes) is 13. The van der Waals surface area contributed by atoms with Crippen molar-refractivity contribution in [3.63, 3.8) is 0 Å². The van der Waals surface area contributed by atoms with Crippen LogP contribution in [0, 0.1) is 0 Å². The molecule has 0 spiro atoms. The van der Waals surface area contributed by atoms with Crippen LogP contribution in [0.1, 0.15) is 103 Å². The van der Waals surface area contributed by atoms with E-state index < -0.39 is 11.9 Å². The van der Waals surface area contributed by atoms with E-state index in [1.54, 1.807) is 6.08 Å². The lowest BCUT2D eigenvalue weighted by molar-refractivity contribution is -0.133. The van der Waals surface area contributed by atoms with Crippen LogP contribution in [-0.2, 0) is 19.1 Å². The largest absolute Gasteiger partial charge is 0.478 e. The minimum Gasteiger partial charge on any atom is -0.478 e. The molecular formula is C28H50O6. The van der Waals surface area contributed by atoms with Gasteiger partial charge >= 0.3 is 11.9 Å². The summed E-state index contributed by atoms with van der Waals surface area (Å²) in [6, 6.07) is 0. The molecule has 1 heterocycles. The highest BCUT2D eigenvalue weighted by Gasteiger charge is 2.21. The number of carboxylic acid groups (broad SMARTS) is 2. The summed E-state index contributed by atoms with van der Waals surface area (Å²) in [4.78, 5) is 19.8. The SMILES string of the molecule is C=C(CCCCCCCCCCCCCCCC)C(=O)O.C=CC(=O)O.C=CCOCC1CO1. The second kappa shape index (κ2) is 27.3. The third kappa shape index (κ3) is 32.3. The van der Waals surface area contributed by atoms with Gasteiger partial charge in [0.25, 0.3) is 0 Å². The number of epoxide rings is 1. The Balaban J connectivity index is 0. The molecule has 1 atom stereocenters. The first-order valence-corrected chi connectivity index (χ1v) is 13.0. The molecule has 198 valence electrons. The average molecular weight is 483 g/mol. The molecule has 34 heavy (non-hydrogen) atoms. The topological polar surface area (TPSA) is 96.4 Å². The van der Waals surface area contributed by atoms with Gasteiger partial charge in [-0.15, -0.1) is 6.58 Å². The number of hydrogen-bond donors (Lipinski definition) is 2. The third-order valence-corrected chi connectivity index (χ3v) is 5.25. The zero-order valence-electron chi connectivity index (χ0n) is 21.6. The monoisotopic (exact) mass is 482 g/mol. The van der Waals surface area contributed by atoms with Gasteiger partial charge in [-0.05, 0) is 12.8 Å².